The van der Waals surface area contributed by atoms with Crippen molar-refractivity contribution in [3.05, 3.63) is 125 Å². The molecule has 49 heavy (non-hydrogen) atoms. The predicted molar refractivity (Wildman–Crippen MR) is 161 cm³/mol. The van der Waals surface area contributed by atoms with Crippen LogP contribution in [-0.2, 0) is 12.5 Å². The normalized spacial score (nSPS) is 11.9. The minimum Gasteiger partial charge on any atom is -0.429 e. The van der Waals surface area contributed by atoms with Crippen LogP contribution in [0.15, 0.2) is 85.1 Å². The molecule has 3 nitrogen and oxygen atoms in total. The summed E-state index contributed by atoms with van der Waals surface area (Å²) in [5, 5.41) is 0. The second-order valence-corrected chi connectivity index (χ2v) is 11.0. The highest BCUT2D eigenvalue weighted by atomic mass is 19.4. The molecule has 0 aliphatic heterocycles. The van der Waals surface area contributed by atoms with Crippen molar-refractivity contribution in [2.24, 2.45) is 0 Å². The average molecular weight is 694 g/mol. The molecule has 0 fully saturated rings. The van der Waals surface area contributed by atoms with Crippen molar-refractivity contribution < 1.29 is 53.4 Å². The van der Waals surface area contributed by atoms with E-state index >= 15 is 13.2 Å². The van der Waals surface area contributed by atoms with Crippen LogP contribution < -0.4 is 9.47 Å². The summed E-state index contributed by atoms with van der Waals surface area (Å²) in [5.74, 6) is -8.76. The first-order valence-corrected chi connectivity index (χ1v) is 14.8. The molecule has 0 radical (unpaired) electrons. The third-order valence-electron chi connectivity index (χ3n) is 7.46. The first-order chi connectivity index (χ1) is 23.1. The molecule has 0 spiro atoms. The van der Waals surface area contributed by atoms with E-state index in [9.17, 15) is 30.7 Å². The van der Waals surface area contributed by atoms with Crippen molar-refractivity contribution in [2.45, 2.75) is 45.1 Å². The smallest absolute Gasteiger partial charge is 0.429 e. The number of alkyl halides is 5. The fourth-order valence-corrected chi connectivity index (χ4v) is 5.11. The zero-order valence-corrected chi connectivity index (χ0v) is 25.5. The number of benzene rings is 4. The number of aryl methyl sites for hydroxylation is 1. The number of hydrogen-bond acceptors (Lipinski definition) is 3. The van der Waals surface area contributed by atoms with E-state index in [1.54, 1.807) is 12.3 Å². The van der Waals surface area contributed by atoms with E-state index in [-0.39, 0.29) is 33.5 Å². The molecule has 1 heterocycles. The van der Waals surface area contributed by atoms with Crippen LogP contribution in [0.1, 0.15) is 37.3 Å². The summed E-state index contributed by atoms with van der Waals surface area (Å²) < 4.78 is 149. The summed E-state index contributed by atoms with van der Waals surface area (Å²) in [6, 6.07) is 12.4. The molecule has 0 aliphatic rings. The Hall–Kier alpha value is -5.07. The van der Waals surface area contributed by atoms with Gasteiger partial charge in [-0.15, -0.1) is 13.2 Å². The summed E-state index contributed by atoms with van der Waals surface area (Å²) in [4.78, 5) is 4.18. The Bertz CT molecular complexity index is 1940. The van der Waals surface area contributed by atoms with Gasteiger partial charge in [-0.1, -0.05) is 44.0 Å². The molecular weight excluding hydrogens is 668 g/mol. The average Bonchev–Trinajstić information content (AvgIpc) is 3.01. The van der Waals surface area contributed by atoms with E-state index in [0.717, 1.165) is 61.6 Å². The van der Waals surface area contributed by atoms with Gasteiger partial charge in [-0.2, -0.15) is 8.78 Å². The van der Waals surface area contributed by atoms with Crippen molar-refractivity contribution >= 4 is 0 Å². The van der Waals surface area contributed by atoms with E-state index in [0.29, 0.717) is 30.3 Å². The molecule has 5 rings (SSSR count). The van der Waals surface area contributed by atoms with Crippen LogP contribution in [0.2, 0.25) is 0 Å². The van der Waals surface area contributed by atoms with E-state index in [2.05, 4.69) is 21.4 Å². The molecule has 0 saturated heterocycles. The molecule has 0 aliphatic carbocycles. The maximum atomic E-state index is 15.1. The Morgan fingerprint density at radius 2 is 1.18 bits per heavy atom. The van der Waals surface area contributed by atoms with Crippen molar-refractivity contribution in [1.82, 2.24) is 4.98 Å². The first-order valence-electron chi connectivity index (χ1n) is 14.8. The predicted octanol–water partition coefficient (Wildman–Crippen LogP) is 11.5. The topological polar surface area (TPSA) is 31.4 Å². The number of nitrogens with zero attached hydrogens (tertiary/aromatic N) is 1. The van der Waals surface area contributed by atoms with Crippen LogP contribution in [0.4, 0.5) is 43.9 Å². The van der Waals surface area contributed by atoms with Gasteiger partial charge in [0.1, 0.15) is 34.6 Å². The van der Waals surface area contributed by atoms with Gasteiger partial charge in [0.2, 0.25) is 0 Å². The highest BCUT2D eigenvalue weighted by Gasteiger charge is 2.41. The third kappa shape index (κ3) is 8.33. The SMILES string of the molecule is CCCCCc1ccc(-c2cc(F)c(C(F)(F)Oc3ccc(-c4ccc(-c5ccc(OC(F)(F)F)c(F)c5)c(F)c4)c(F)c3)c(F)c2)nc1. The fourth-order valence-electron chi connectivity index (χ4n) is 5.11. The van der Waals surface area contributed by atoms with Crippen molar-refractivity contribution in [3.8, 4) is 45.0 Å². The van der Waals surface area contributed by atoms with Gasteiger partial charge < -0.3 is 9.47 Å². The van der Waals surface area contributed by atoms with Crippen LogP contribution in [-0.4, -0.2) is 11.3 Å². The highest BCUT2D eigenvalue weighted by molar-refractivity contribution is 5.72. The van der Waals surface area contributed by atoms with E-state index in [1.807, 2.05) is 0 Å². The van der Waals surface area contributed by atoms with Crippen LogP contribution in [0.25, 0.3) is 33.5 Å². The lowest BCUT2D eigenvalue weighted by Crippen LogP contribution is -2.25. The number of pyridine rings is 1. The fraction of sp³-hybridized carbons (Fsp3) is 0.194. The standard InChI is InChI=1S/C36H25F10NO2/c1-2-3-4-5-20-6-12-32(47-19-20)23-16-30(40)34(31(41)17-23)35(42,43)48-24-9-11-26(28(38)18-24)21-7-10-25(27(37)14-21)22-8-13-33(29(39)15-22)49-36(44,45)46/h6-19H,2-5H2,1H3. The quantitative estimate of drug-likeness (QED) is 0.102. The highest BCUT2D eigenvalue weighted by Crippen LogP contribution is 2.39. The number of rotatable bonds is 11. The van der Waals surface area contributed by atoms with Crippen LogP contribution >= 0.6 is 0 Å². The van der Waals surface area contributed by atoms with Crippen LogP contribution in [0.3, 0.4) is 0 Å². The number of aromatic nitrogens is 1. The second kappa shape index (κ2) is 14.2. The lowest BCUT2D eigenvalue weighted by Gasteiger charge is -2.20. The van der Waals surface area contributed by atoms with E-state index in [1.165, 1.54) is 12.1 Å². The largest absolute Gasteiger partial charge is 0.573 e. The minimum absolute atomic E-state index is 0.0825. The summed E-state index contributed by atoms with van der Waals surface area (Å²) in [6.07, 6.45) is -4.41. The Morgan fingerprint density at radius 3 is 1.73 bits per heavy atom. The monoisotopic (exact) mass is 693 g/mol. The van der Waals surface area contributed by atoms with Gasteiger partial charge in [-0.25, -0.2) is 22.0 Å². The molecular formula is C36H25F10NO2. The number of unbranched alkanes of at least 4 members (excludes halogenated alkanes) is 2. The Labute approximate surface area is 273 Å². The zero-order chi connectivity index (χ0) is 35.5. The Kier molecular flexibility index (Phi) is 10.2. The maximum Gasteiger partial charge on any atom is 0.573 e. The molecule has 0 unspecified atom stereocenters. The van der Waals surface area contributed by atoms with Gasteiger partial charge in [0.05, 0.1) is 5.69 Å². The molecule has 1 aromatic heterocycles. The Balaban J connectivity index is 1.32. The van der Waals surface area contributed by atoms with Gasteiger partial charge >= 0.3 is 12.5 Å². The Morgan fingerprint density at radius 1 is 0.592 bits per heavy atom. The number of hydrogen-bond donors (Lipinski definition) is 0. The third-order valence-corrected chi connectivity index (χ3v) is 7.46. The number of halogens is 10. The van der Waals surface area contributed by atoms with Crippen LogP contribution in [0.5, 0.6) is 11.5 Å². The van der Waals surface area contributed by atoms with Gasteiger partial charge in [-0.05, 0) is 78.1 Å². The lowest BCUT2D eigenvalue weighted by atomic mass is 9.99. The summed E-state index contributed by atoms with van der Waals surface area (Å²) in [5.41, 5.74) is -1.48. The van der Waals surface area contributed by atoms with Crippen LogP contribution in [0, 0.1) is 29.1 Å². The molecule has 0 atom stereocenters. The zero-order valence-electron chi connectivity index (χ0n) is 25.5. The number of ether oxygens (including phenoxy) is 2. The molecule has 4 aromatic carbocycles. The molecule has 256 valence electrons. The molecule has 0 N–H and O–H groups in total. The molecule has 0 bridgehead atoms. The van der Waals surface area contributed by atoms with Gasteiger partial charge in [0.15, 0.2) is 11.6 Å². The molecule has 13 heteroatoms. The van der Waals surface area contributed by atoms with Gasteiger partial charge in [0, 0.05) is 29.0 Å². The summed E-state index contributed by atoms with van der Waals surface area (Å²) in [6.45, 7) is 2.06. The van der Waals surface area contributed by atoms with Crippen molar-refractivity contribution in [3.63, 3.8) is 0 Å². The summed E-state index contributed by atoms with van der Waals surface area (Å²) in [7, 11) is 0. The molecule has 0 amide bonds. The molecule has 5 aromatic rings. The first kappa shape index (κ1) is 35.2. The lowest BCUT2D eigenvalue weighted by molar-refractivity contribution is -0.275. The van der Waals surface area contributed by atoms with E-state index in [4.69, 9.17) is 0 Å². The second-order valence-electron chi connectivity index (χ2n) is 11.0. The minimum atomic E-state index is -5.15. The van der Waals surface area contributed by atoms with Gasteiger partial charge in [-0.3, -0.25) is 4.98 Å². The summed E-state index contributed by atoms with van der Waals surface area (Å²) >= 11 is 0. The van der Waals surface area contributed by atoms with E-state index < -0.39 is 58.6 Å². The van der Waals surface area contributed by atoms with Gasteiger partial charge in [0.25, 0.3) is 0 Å². The van der Waals surface area contributed by atoms with Crippen molar-refractivity contribution in [1.29, 1.82) is 0 Å². The maximum absolute atomic E-state index is 15.1. The molecule has 0 saturated carbocycles. The van der Waals surface area contributed by atoms with Crippen molar-refractivity contribution in [2.75, 3.05) is 0 Å².